The van der Waals surface area contributed by atoms with Gasteiger partial charge in [0.15, 0.2) is 0 Å². The molecule has 0 aliphatic carbocycles. The van der Waals surface area contributed by atoms with E-state index in [1.807, 2.05) is 35.7 Å². The highest BCUT2D eigenvalue weighted by atomic mass is 32.2. The lowest BCUT2D eigenvalue weighted by Gasteiger charge is -2.03. The van der Waals surface area contributed by atoms with E-state index in [2.05, 4.69) is 0 Å². The third-order valence-corrected chi connectivity index (χ3v) is 3.92. The molecular weight excluding hydrogens is 228 g/mol. The molecule has 0 saturated heterocycles. The van der Waals surface area contributed by atoms with Crippen LogP contribution >= 0.6 is 11.3 Å². The van der Waals surface area contributed by atoms with Crippen LogP contribution in [-0.4, -0.2) is 4.21 Å². The van der Waals surface area contributed by atoms with E-state index in [0.717, 1.165) is 11.1 Å². The second-order valence-electron chi connectivity index (χ2n) is 3.12. The Kier molecular flexibility index (Phi) is 2.60. The highest BCUT2D eigenvalue weighted by Crippen LogP contribution is 2.29. The van der Waals surface area contributed by atoms with Crippen molar-refractivity contribution in [2.45, 2.75) is 4.90 Å². The SMILES string of the molecule is N=S(N)(=O)c1cscc1-c1ccccc1. The molecule has 5 heteroatoms. The van der Waals surface area contributed by atoms with Crippen LogP contribution in [0.2, 0.25) is 0 Å². The molecule has 15 heavy (non-hydrogen) atoms. The molecule has 1 atom stereocenters. The average Bonchev–Trinajstić information content (AvgIpc) is 2.67. The second-order valence-corrected chi connectivity index (χ2v) is 5.50. The van der Waals surface area contributed by atoms with Crippen LogP contribution in [0.15, 0.2) is 46.0 Å². The maximum atomic E-state index is 11.5. The number of hydrogen-bond donors (Lipinski definition) is 2. The minimum Gasteiger partial charge on any atom is -0.241 e. The van der Waals surface area contributed by atoms with Crippen LogP contribution in [0.25, 0.3) is 11.1 Å². The summed E-state index contributed by atoms with van der Waals surface area (Å²) in [6, 6.07) is 9.54. The fourth-order valence-electron chi connectivity index (χ4n) is 1.35. The van der Waals surface area contributed by atoms with Gasteiger partial charge < -0.3 is 0 Å². The lowest BCUT2D eigenvalue weighted by Crippen LogP contribution is -2.10. The van der Waals surface area contributed by atoms with E-state index < -0.39 is 9.92 Å². The van der Waals surface area contributed by atoms with E-state index in [0.29, 0.717) is 4.90 Å². The molecular formula is C10H10N2OS2. The Morgan fingerprint density at radius 2 is 1.87 bits per heavy atom. The molecule has 0 bridgehead atoms. The summed E-state index contributed by atoms with van der Waals surface area (Å²) >= 11 is 1.41. The van der Waals surface area contributed by atoms with Gasteiger partial charge in [-0.1, -0.05) is 30.3 Å². The highest BCUT2D eigenvalue weighted by Gasteiger charge is 2.12. The van der Waals surface area contributed by atoms with Crippen molar-refractivity contribution in [1.82, 2.24) is 0 Å². The Morgan fingerprint density at radius 1 is 1.20 bits per heavy atom. The topological polar surface area (TPSA) is 66.9 Å². The lowest BCUT2D eigenvalue weighted by atomic mass is 10.1. The van der Waals surface area contributed by atoms with Gasteiger partial charge in [-0.2, -0.15) is 11.3 Å². The summed E-state index contributed by atoms with van der Waals surface area (Å²) in [5.41, 5.74) is 1.74. The molecule has 78 valence electrons. The van der Waals surface area contributed by atoms with Crippen molar-refractivity contribution in [2.24, 2.45) is 5.14 Å². The molecule has 0 aliphatic rings. The van der Waals surface area contributed by atoms with E-state index in [1.54, 1.807) is 5.38 Å². The minimum absolute atomic E-state index is 0.415. The van der Waals surface area contributed by atoms with Crippen LogP contribution in [0.3, 0.4) is 0 Å². The van der Waals surface area contributed by atoms with Crippen LogP contribution < -0.4 is 5.14 Å². The number of nitrogens with two attached hydrogens (primary N) is 1. The molecule has 1 unspecified atom stereocenters. The molecule has 0 aliphatic heterocycles. The average molecular weight is 238 g/mol. The van der Waals surface area contributed by atoms with Crippen molar-refractivity contribution in [1.29, 1.82) is 4.78 Å². The quantitative estimate of drug-likeness (QED) is 0.830. The Bertz CT molecular complexity index is 558. The van der Waals surface area contributed by atoms with Gasteiger partial charge in [0, 0.05) is 10.9 Å². The van der Waals surface area contributed by atoms with Crippen molar-refractivity contribution < 1.29 is 4.21 Å². The number of rotatable bonds is 2. The van der Waals surface area contributed by atoms with Gasteiger partial charge >= 0.3 is 0 Å². The summed E-state index contributed by atoms with van der Waals surface area (Å²) in [5, 5.41) is 8.89. The van der Waals surface area contributed by atoms with Gasteiger partial charge in [-0.25, -0.2) is 14.1 Å². The predicted octanol–water partition coefficient (Wildman–Crippen LogP) is 2.69. The molecule has 1 heterocycles. The highest BCUT2D eigenvalue weighted by molar-refractivity contribution is 7.90. The van der Waals surface area contributed by atoms with Gasteiger partial charge in [0.05, 0.1) is 4.90 Å². The van der Waals surface area contributed by atoms with Gasteiger partial charge in [-0.3, -0.25) is 0 Å². The summed E-state index contributed by atoms with van der Waals surface area (Å²) in [6.45, 7) is 0. The first-order valence-corrected chi connectivity index (χ1v) is 6.83. The Balaban J connectivity index is 2.61. The zero-order valence-corrected chi connectivity index (χ0v) is 9.48. The fraction of sp³-hybridized carbons (Fsp3) is 0. The van der Waals surface area contributed by atoms with Crippen molar-refractivity contribution in [3.05, 3.63) is 41.1 Å². The number of benzene rings is 1. The van der Waals surface area contributed by atoms with Gasteiger partial charge in [0.1, 0.15) is 9.92 Å². The molecule has 2 rings (SSSR count). The standard InChI is InChI=1S/C10H10N2OS2/c11-15(12,13)10-7-14-6-9(10)8-4-2-1-3-5-8/h1-7H,(H3,11,12,13). The van der Waals surface area contributed by atoms with Crippen molar-refractivity contribution >= 4 is 21.3 Å². The second kappa shape index (κ2) is 3.77. The van der Waals surface area contributed by atoms with Crippen molar-refractivity contribution in [2.75, 3.05) is 0 Å². The zero-order valence-electron chi connectivity index (χ0n) is 7.84. The molecule has 3 N–H and O–H groups in total. The molecule has 0 radical (unpaired) electrons. The van der Waals surface area contributed by atoms with Gasteiger partial charge in [0.25, 0.3) is 0 Å². The molecule has 0 fully saturated rings. The Morgan fingerprint density at radius 3 is 2.47 bits per heavy atom. The normalized spacial score (nSPS) is 14.7. The number of hydrogen-bond acceptors (Lipinski definition) is 3. The van der Waals surface area contributed by atoms with Gasteiger partial charge in [-0.05, 0) is 10.9 Å². The van der Waals surface area contributed by atoms with E-state index in [9.17, 15) is 4.21 Å². The largest absolute Gasteiger partial charge is 0.241 e. The molecule has 1 aromatic carbocycles. The maximum Gasteiger partial charge on any atom is 0.133 e. The first kappa shape index (κ1) is 10.4. The van der Waals surface area contributed by atoms with Gasteiger partial charge in [0.2, 0.25) is 0 Å². The van der Waals surface area contributed by atoms with Crippen molar-refractivity contribution in [3.8, 4) is 11.1 Å². The molecule has 0 saturated carbocycles. The van der Waals surface area contributed by atoms with E-state index >= 15 is 0 Å². The minimum atomic E-state index is -3.13. The first-order valence-electron chi connectivity index (χ1n) is 4.27. The van der Waals surface area contributed by atoms with Crippen LogP contribution in [0.4, 0.5) is 0 Å². The van der Waals surface area contributed by atoms with E-state index in [-0.39, 0.29) is 0 Å². The maximum absolute atomic E-state index is 11.5. The summed E-state index contributed by atoms with van der Waals surface area (Å²) < 4.78 is 18.9. The molecule has 2 aromatic rings. The Hall–Kier alpha value is -1.17. The summed E-state index contributed by atoms with van der Waals surface area (Å²) in [6.07, 6.45) is 0. The molecule has 0 amide bonds. The van der Waals surface area contributed by atoms with E-state index in [1.165, 1.54) is 11.3 Å². The summed E-state index contributed by atoms with van der Waals surface area (Å²) in [7, 11) is -3.13. The summed E-state index contributed by atoms with van der Waals surface area (Å²) in [4.78, 5) is 0.415. The van der Waals surface area contributed by atoms with Crippen molar-refractivity contribution in [3.63, 3.8) is 0 Å². The molecule has 3 nitrogen and oxygen atoms in total. The zero-order chi connectivity index (χ0) is 10.9. The predicted molar refractivity (Wildman–Crippen MR) is 63.1 cm³/mol. The first-order chi connectivity index (χ1) is 7.09. The monoisotopic (exact) mass is 238 g/mol. The van der Waals surface area contributed by atoms with Crippen LogP contribution in [0, 0.1) is 4.78 Å². The molecule has 1 aromatic heterocycles. The lowest BCUT2D eigenvalue weighted by molar-refractivity contribution is 0.676. The van der Waals surface area contributed by atoms with Crippen LogP contribution in [0.1, 0.15) is 0 Å². The van der Waals surface area contributed by atoms with Crippen LogP contribution in [-0.2, 0) is 9.92 Å². The van der Waals surface area contributed by atoms with E-state index in [4.69, 9.17) is 9.92 Å². The third-order valence-electron chi connectivity index (χ3n) is 2.04. The number of thiophene rings is 1. The van der Waals surface area contributed by atoms with Crippen LogP contribution in [0.5, 0.6) is 0 Å². The summed E-state index contributed by atoms with van der Waals surface area (Å²) in [5.74, 6) is 0. The Labute approximate surface area is 92.7 Å². The van der Waals surface area contributed by atoms with Gasteiger partial charge in [-0.15, -0.1) is 0 Å². The molecule has 0 spiro atoms. The number of nitrogens with one attached hydrogen (secondary N) is 1. The smallest absolute Gasteiger partial charge is 0.133 e. The fourth-order valence-corrected chi connectivity index (χ4v) is 3.38. The third kappa shape index (κ3) is 2.09.